The summed E-state index contributed by atoms with van der Waals surface area (Å²) in [7, 11) is 1.35. The average Bonchev–Trinajstić information content (AvgIpc) is 2.27. The van der Waals surface area contributed by atoms with E-state index in [0.29, 0.717) is 19.5 Å². The monoisotopic (exact) mass is 239 g/mol. The van der Waals surface area contributed by atoms with Crippen molar-refractivity contribution in [3.63, 3.8) is 0 Å². The molecule has 17 heavy (non-hydrogen) atoms. The number of esters is 1. The number of hydrogen-bond donors (Lipinski definition) is 1. The summed E-state index contributed by atoms with van der Waals surface area (Å²) in [5.41, 5.74) is 0. The van der Waals surface area contributed by atoms with Gasteiger partial charge in [0.15, 0.2) is 0 Å². The molecule has 94 valence electrons. The molecule has 0 bridgehead atoms. The van der Waals surface area contributed by atoms with E-state index in [1.165, 1.54) is 14.0 Å². The summed E-state index contributed by atoms with van der Waals surface area (Å²) in [6, 6.07) is 1.95. The van der Waals surface area contributed by atoms with E-state index in [1.807, 2.05) is 11.0 Å². The van der Waals surface area contributed by atoms with E-state index in [-0.39, 0.29) is 30.4 Å². The highest BCUT2D eigenvalue weighted by Crippen LogP contribution is 2.18. The molecule has 1 aliphatic rings. The van der Waals surface area contributed by atoms with Crippen LogP contribution in [-0.4, -0.2) is 49.6 Å². The van der Waals surface area contributed by atoms with Crippen LogP contribution in [0.5, 0.6) is 0 Å². The smallest absolute Gasteiger partial charge is 0.310 e. The van der Waals surface area contributed by atoms with Crippen molar-refractivity contribution in [3.8, 4) is 6.07 Å². The van der Waals surface area contributed by atoms with E-state index in [2.05, 4.69) is 5.32 Å². The summed E-state index contributed by atoms with van der Waals surface area (Å²) in [6.07, 6.45) is 0.564. The third-order valence-electron chi connectivity index (χ3n) is 2.76. The minimum Gasteiger partial charge on any atom is -0.469 e. The second-order valence-corrected chi connectivity index (χ2v) is 4.21. The van der Waals surface area contributed by atoms with Crippen molar-refractivity contribution >= 4 is 11.9 Å². The molecule has 0 radical (unpaired) electrons. The Balaban J connectivity index is 2.65. The SMILES string of the molecule is COC(=O)C1CC(NC(C)=O)CN(CC#N)C1. The molecule has 0 aliphatic carbocycles. The van der Waals surface area contributed by atoms with Crippen LogP contribution in [0.3, 0.4) is 0 Å². The maximum Gasteiger partial charge on any atom is 0.310 e. The highest BCUT2D eigenvalue weighted by atomic mass is 16.5. The number of hydrogen-bond acceptors (Lipinski definition) is 5. The number of piperidine rings is 1. The van der Waals surface area contributed by atoms with Crippen LogP contribution in [0.25, 0.3) is 0 Å². The van der Waals surface area contributed by atoms with Crippen molar-refractivity contribution in [2.75, 3.05) is 26.7 Å². The van der Waals surface area contributed by atoms with Gasteiger partial charge in [-0.25, -0.2) is 0 Å². The fourth-order valence-electron chi connectivity index (χ4n) is 2.15. The van der Waals surface area contributed by atoms with Crippen molar-refractivity contribution in [2.45, 2.75) is 19.4 Å². The Morgan fingerprint density at radius 3 is 2.76 bits per heavy atom. The fraction of sp³-hybridized carbons (Fsp3) is 0.727. The van der Waals surface area contributed by atoms with Gasteiger partial charge in [-0.3, -0.25) is 14.5 Å². The molecule has 1 rings (SSSR count). The number of nitriles is 1. The molecular formula is C11H17N3O3. The molecule has 0 aromatic rings. The number of rotatable bonds is 3. The number of carbonyl (C=O) groups excluding carboxylic acids is 2. The predicted octanol–water partition coefficient (Wildman–Crippen LogP) is -0.490. The molecular weight excluding hydrogens is 222 g/mol. The van der Waals surface area contributed by atoms with Gasteiger partial charge in [-0.2, -0.15) is 5.26 Å². The third-order valence-corrected chi connectivity index (χ3v) is 2.76. The maximum atomic E-state index is 11.5. The molecule has 0 aromatic heterocycles. The Morgan fingerprint density at radius 2 is 2.24 bits per heavy atom. The van der Waals surface area contributed by atoms with Gasteiger partial charge in [-0.1, -0.05) is 0 Å². The van der Waals surface area contributed by atoms with Crippen LogP contribution < -0.4 is 5.32 Å². The van der Waals surface area contributed by atoms with Gasteiger partial charge in [-0.05, 0) is 6.42 Å². The Hall–Kier alpha value is -1.61. The second kappa shape index (κ2) is 6.21. The molecule has 1 aliphatic heterocycles. The number of likely N-dealkylation sites (tertiary alicyclic amines) is 1. The molecule has 2 atom stereocenters. The summed E-state index contributed by atoms with van der Waals surface area (Å²) in [4.78, 5) is 24.4. The zero-order valence-electron chi connectivity index (χ0n) is 10.1. The number of ether oxygens (including phenoxy) is 1. The van der Waals surface area contributed by atoms with Gasteiger partial charge in [-0.15, -0.1) is 0 Å². The quantitative estimate of drug-likeness (QED) is 0.531. The number of amides is 1. The molecule has 0 saturated carbocycles. The van der Waals surface area contributed by atoms with Crippen LogP contribution in [-0.2, 0) is 14.3 Å². The van der Waals surface area contributed by atoms with Gasteiger partial charge >= 0.3 is 5.97 Å². The van der Waals surface area contributed by atoms with Gasteiger partial charge in [0.1, 0.15) is 0 Å². The normalized spacial score (nSPS) is 24.8. The summed E-state index contributed by atoms with van der Waals surface area (Å²) in [5, 5.41) is 11.5. The molecule has 6 heteroatoms. The first kappa shape index (κ1) is 13.5. The molecule has 0 aromatic carbocycles. The zero-order valence-corrected chi connectivity index (χ0v) is 10.1. The minimum atomic E-state index is -0.289. The minimum absolute atomic E-state index is 0.0984. The van der Waals surface area contributed by atoms with E-state index in [0.717, 1.165) is 0 Å². The van der Waals surface area contributed by atoms with Crippen LogP contribution in [0.4, 0.5) is 0 Å². The molecule has 1 saturated heterocycles. The number of nitrogens with one attached hydrogen (secondary N) is 1. The largest absolute Gasteiger partial charge is 0.469 e. The summed E-state index contributed by atoms with van der Waals surface area (Å²) in [5.74, 6) is -0.695. The number of nitrogens with zero attached hydrogens (tertiary/aromatic N) is 2. The van der Waals surface area contributed by atoms with Gasteiger partial charge in [0.25, 0.3) is 0 Å². The van der Waals surface area contributed by atoms with E-state index in [1.54, 1.807) is 0 Å². The second-order valence-electron chi connectivity index (χ2n) is 4.21. The molecule has 6 nitrogen and oxygen atoms in total. The van der Waals surface area contributed by atoms with Gasteiger partial charge in [0, 0.05) is 26.1 Å². The zero-order chi connectivity index (χ0) is 12.8. The number of carbonyl (C=O) groups is 2. The van der Waals surface area contributed by atoms with E-state index in [4.69, 9.17) is 10.00 Å². The van der Waals surface area contributed by atoms with Crippen molar-refractivity contribution in [3.05, 3.63) is 0 Å². The van der Waals surface area contributed by atoms with Crippen LogP contribution in [0.15, 0.2) is 0 Å². The fourth-order valence-corrected chi connectivity index (χ4v) is 2.15. The lowest BCUT2D eigenvalue weighted by molar-refractivity contribution is -0.148. The van der Waals surface area contributed by atoms with E-state index >= 15 is 0 Å². The highest BCUT2D eigenvalue weighted by Gasteiger charge is 2.32. The Kier molecular flexibility index (Phi) is 4.91. The van der Waals surface area contributed by atoms with Crippen LogP contribution in [0.2, 0.25) is 0 Å². The van der Waals surface area contributed by atoms with E-state index < -0.39 is 0 Å². The Bertz CT molecular complexity index is 337. The third kappa shape index (κ3) is 4.04. The molecule has 1 heterocycles. The first-order chi connectivity index (χ1) is 8.06. The first-order valence-electron chi connectivity index (χ1n) is 5.51. The number of methoxy groups -OCH3 is 1. The van der Waals surface area contributed by atoms with Crippen LogP contribution in [0.1, 0.15) is 13.3 Å². The van der Waals surface area contributed by atoms with Gasteiger partial charge in [0.05, 0.1) is 25.6 Å². The topological polar surface area (TPSA) is 82.4 Å². The molecule has 2 unspecified atom stereocenters. The molecule has 1 amide bonds. The van der Waals surface area contributed by atoms with Crippen molar-refractivity contribution < 1.29 is 14.3 Å². The van der Waals surface area contributed by atoms with Gasteiger partial charge < -0.3 is 10.1 Å². The summed E-state index contributed by atoms with van der Waals surface area (Å²) in [6.45, 7) is 2.80. The summed E-state index contributed by atoms with van der Waals surface area (Å²) < 4.78 is 4.71. The molecule has 1 fully saturated rings. The first-order valence-corrected chi connectivity index (χ1v) is 5.51. The predicted molar refractivity (Wildman–Crippen MR) is 59.8 cm³/mol. The van der Waals surface area contributed by atoms with Crippen molar-refractivity contribution in [2.24, 2.45) is 5.92 Å². The van der Waals surface area contributed by atoms with Crippen molar-refractivity contribution in [1.29, 1.82) is 5.26 Å². The van der Waals surface area contributed by atoms with Crippen LogP contribution >= 0.6 is 0 Å². The standard InChI is InChI=1S/C11H17N3O3/c1-8(15)13-10-5-9(11(16)17-2)6-14(7-10)4-3-12/h9-10H,4-7H2,1-2H3,(H,13,15). The highest BCUT2D eigenvalue weighted by molar-refractivity contribution is 5.74. The lowest BCUT2D eigenvalue weighted by Crippen LogP contribution is -2.52. The molecule has 1 N–H and O–H groups in total. The van der Waals surface area contributed by atoms with Crippen molar-refractivity contribution in [1.82, 2.24) is 10.2 Å². The average molecular weight is 239 g/mol. The maximum absolute atomic E-state index is 11.5. The summed E-state index contributed by atoms with van der Waals surface area (Å²) >= 11 is 0. The lowest BCUT2D eigenvalue weighted by Gasteiger charge is -2.35. The molecule has 0 spiro atoms. The lowest BCUT2D eigenvalue weighted by atomic mass is 9.94. The van der Waals surface area contributed by atoms with E-state index in [9.17, 15) is 9.59 Å². The van der Waals surface area contributed by atoms with Gasteiger partial charge in [0.2, 0.25) is 5.91 Å². The Labute approximate surface area is 101 Å². The van der Waals surface area contributed by atoms with Crippen LogP contribution in [0, 0.1) is 17.2 Å². The Morgan fingerprint density at radius 1 is 1.53 bits per heavy atom.